The zero-order valence-electron chi connectivity index (χ0n) is 13.5. The second-order valence-electron chi connectivity index (χ2n) is 6.44. The predicted molar refractivity (Wildman–Crippen MR) is 85.2 cm³/mol. The van der Waals surface area contributed by atoms with Crippen LogP contribution < -0.4 is 10.1 Å². The van der Waals surface area contributed by atoms with Gasteiger partial charge in [-0.2, -0.15) is 0 Å². The molecule has 0 aromatic heterocycles. The normalized spacial score (nSPS) is 24.5. The molecule has 1 aliphatic heterocycles. The van der Waals surface area contributed by atoms with E-state index in [1.165, 1.54) is 38.2 Å². The van der Waals surface area contributed by atoms with Crippen molar-refractivity contribution >= 4 is 0 Å². The number of hydrogen-bond donors (Lipinski definition) is 1. The summed E-state index contributed by atoms with van der Waals surface area (Å²) >= 11 is 0. The van der Waals surface area contributed by atoms with Crippen molar-refractivity contribution in [1.29, 1.82) is 0 Å². The van der Waals surface area contributed by atoms with E-state index in [1.54, 1.807) is 12.1 Å². The largest absolute Gasteiger partial charge is 0.487 e. The molecule has 1 N–H and O–H groups in total. The van der Waals surface area contributed by atoms with E-state index in [1.807, 2.05) is 7.05 Å². The molecule has 2 unspecified atom stereocenters. The Labute approximate surface area is 128 Å². The molecule has 2 atom stereocenters. The van der Waals surface area contributed by atoms with Crippen LogP contribution in [0.5, 0.6) is 5.75 Å². The van der Waals surface area contributed by atoms with Gasteiger partial charge in [-0.25, -0.2) is 4.39 Å². The van der Waals surface area contributed by atoms with Crippen LogP contribution in [0.4, 0.5) is 4.39 Å². The number of unbranched alkanes of at least 4 members (excludes halogenated alkanes) is 4. The van der Waals surface area contributed by atoms with Crippen LogP contribution >= 0.6 is 0 Å². The summed E-state index contributed by atoms with van der Waals surface area (Å²) in [6.07, 6.45) is 8.33. The zero-order chi connectivity index (χ0) is 15.3. The van der Waals surface area contributed by atoms with Gasteiger partial charge in [0.05, 0.1) is 0 Å². The maximum atomic E-state index is 13.4. The second-order valence-corrected chi connectivity index (χ2v) is 6.44. The molecule has 0 amide bonds. The second kappa shape index (κ2) is 7.26. The molecule has 1 aromatic carbocycles. The molecule has 1 heterocycles. The Morgan fingerprint density at radius 2 is 2.05 bits per heavy atom. The average molecular weight is 293 g/mol. The van der Waals surface area contributed by atoms with Gasteiger partial charge in [0.15, 0.2) is 0 Å². The van der Waals surface area contributed by atoms with Crippen LogP contribution in [0.2, 0.25) is 0 Å². The van der Waals surface area contributed by atoms with Crippen LogP contribution in [-0.2, 0) is 0 Å². The molecule has 0 radical (unpaired) electrons. The van der Waals surface area contributed by atoms with Crippen LogP contribution in [-0.4, -0.2) is 12.6 Å². The number of benzene rings is 1. The summed E-state index contributed by atoms with van der Waals surface area (Å²) in [5.74, 6) is 0.638. The molecule has 3 heteroatoms. The molecule has 118 valence electrons. The van der Waals surface area contributed by atoms with Gasteiger partial charge < -0.3 is 10.1 Å². The van der Waals surface area contributed by atoms with Gasteiger partial charge in [-0.1, -0.05) is 32.6 Å². The minimum Gasteiger partial charge on any atom is -0.487 e. The molecule has 0 bridgehead atoms. The quantitative estimate of drug-likeness (QED) is 0.715. The first-order valence-electron chi connectivity index (χ1n) is 8.24. The average Bonchev–Trinajstić information content (AvgIpc) is 2.47. The smallest absolute Gasteiger partial charge is 0.125 e. The van der Waals surface area contributed by atoms with Crippen molar-refractivity contribution in [3.63, 3.8) is 0 Å². The number of ether oxygens (including phenoxy) is 1. The van der Waals surface area contributed by atoms with Crippen molar-refractivity contribution in [1.82, 2.24) is 5.32 Å². The van der Waals surface area contributed by atoms with Gasteiger partial charge in [-0.05, 0) is 45.0 Å². The number of hydrogen-bond acceptors (Lipinski definition) is 2. The summed E-state index contributed by atoms with van der Waals surface area (Å²) < 4.78 is 19.6. The van der Waals surface area contributed by atoms with Crippen LogP contribution in [0.25, 0.3) is 0 Å². The molecule has 0 saturated carbocycles. The Balaban J connectivity index is 2.01. The lowest BCUT2D eigenvalue weighted by Gasteiger charge is -2.40. The Kier molecular flexibility index (Phi) is 5.63. The first-order valence-corrected chi connectivity index (χ1v) is 8.24. The van der Waals surface area contributed by atoms with Gasteiger partial charge in [0, 0.05) is 18.0 Å². The molecule has 1 aromatic rings. The molecule has 0 aliphatic carbocycles. The SMILES string of the molecule is CCCCCCCC1(C)CC(NC)c2cc(F)ccc2O1. The van der Waals surface area contributed by atoms with Crippen molar-refractivity contribution in [3.05, 3.63) is 29.6 Å². The van der Waals surface area contributed by atoms with E-state index < -0.39 is 0 Å². The molecular weight excluding hydrogens is 265 g/mol. The van der Waals surface area contributed by atoms with Crippen LogP contribution in [0.15, 0.2) is 18.2 Å². The van der Waals surface area contributed by atoms with E-state index in [9.17, 15) is 4.39 Å². The molecule has 2 nitrogen and oxygen atoms in total. The fourth-order valence-corrected chi connectivity index (χ4v) is 3.25. The van der Waals surface area contributed by atoms with Crippen molar-refractivity contribution in [2.75, 3.05) is 7.05 Å². The first-order chi connectivity index (χ1) is 10.1. The van der Waals surface area contributed by atoms with Gasteiger partial charge in [-0.3, -0.25) is 0 Å². The van der Waals surface area contributed by atoms with Crippen LogP contribution in [0, 0.1) is 5.82 Å². The standard InChI is InChI=1S/C18H28FNO/c1-4-5-6-7-8-11-18(2)13-16(20-3)15-12-14(19)9-10-17(15)21-18/h9-10,12,16,20H,4-8,11,13H2,1-3H3. The molecule has 21 heavy (non-hydrogen) atoms. The van der Waals surface area contributed by atoms with Gasteiger partial charge >= 0.3 is 0 Å². The highest BCUT2D eigenvalue weighted by atomic mass is 19.1. The first kappa shape index (κ1) is 16.3. The van der Waals surface area contributed by atoms with Gasteiger partial charge in [-0.15, -0.1) is 0 Å². The number of nitrogens with one attached hydrogen (secondary N) is 1. The monoisotopic (exact) mass is 293 g/mol. The minimum absolute atomic E-state index is 0.148. The highest BCUT2D eigenvalue weighted by molar-refractivity contribution is 5.39. The van der Waals surface area contributed by atoms with Gasteiger partial charge in [0.2, 0.25) is 0 Å². The lowest BCUT2D eigenvalue weighted by atomic mass is 9.85. The fraction of sp³-hybridized carbons (Fsp3) is 0.667. The van der Waals surface area contributed by atoms with Crippen molar-refractivity contribution in [3.8, 4) is 5.75 Å². The summed E-state index contributed by atoms with van der Waals surface area (Å²) in [5, 5.41) is 3.31. The molecule has 0 fully saturated rings. The summed E-state index contributed by atoms with van der Waals surface area (Å²) in [6, 6.07) is 5.02. The fourth-order valence-electron chi connectivity index (χ4n) is 3.25. The summed E-state index contributed by atoms with van der Waals surface area (Å²) in [6.45, 7) is 4.42. The maximum absolute atomic E-state index is 13.4. The predicted octanol–water partition coefficient (Wildman–Crippen LogP) is 4.99. The van der Waals surface area contributed by atoms with Crippen LogP contribution in [0.3, 0.4) is 0 Å². The summed E-state index contributed by atoms with van der Waals surface area (Å²) in [5.41, 5.74) is 0.797. The van der Waals surface area contributed by atoms with Crippen molar-refractivity contribution < 1.29 is 9.13 Å². The molecule has 2 rings (SSSR count). The molecular formula is C18H28FNO. The molecule has 0 saturated heterocycles. The van der Waals surface area contributed by atoms with E-state index >= 15 is 0 Å². The third-order valence-corrected chi connectivity index (χ3v) is 4.50. The summed E-state index contributed by atoms with van der Waals surface area (Å²) in [7, 11) is 1.94. The number of halogens is 1. The zero-order valence-corrected chi connectivity index (χ0v) is 13.5. The summed E-state index contributed by atoms with van der Waals surface area (Å²) in [4.78, 5) is 0. The van der Waals surface area contributed by atoms with E-state index in [0.717, 1.165) is 24.2 Å². The van der Waals surface area contributed by atoms with E-state index in [-0.39, 0.29) is 17.5 Å². The minimum atomic E-state index is -0.194. The van der Waals surface area contributed by atoms with Gasteiger partial charge in [0.25, 0.3) is 0 Å². The lowest BCUT2D eigenvalue weighted by molar-refractivity contribution is 0.0382. The van der Waals surface area contributed by atoms with E-state index in [4.69, 9.17) is 4.74 Å². The third kappa shape index (κ3) is 4.19. The Bertz CT molecular complexity index is 463. The van der Waals surface area contributed by atoms with Crippen molar-refractivity contribution in [2.24, 2.45) is 0 Å². The maximum Gasteiger partial charge on any atom is 0.125 e. The Morgan fingerprint density at radius 1 is 1.29 bits per heavy atom. The third-order valence-electron chi connectivity index (χ3n) is 4.50. The Hall–Kier alpha value is -1.09. The van der Waals surface area contributed by atoms with Crippen molar-refractivity contribution in [2.45, 2.75) is 70.4 Å². The highest BCUT2D eigenvalue weighted by Crippen LogP contribution is 2.41. The highest BCUT2D eigenvalue weighted by Gasteiger charge is 2.36. The number of rotatable bonds is 7. The Morgan fingerprint density at radius 3 is 2.76 bits per heavy atom. The number of fused-ring (bicyclic) bond motifs is 1. The molecule has 1 aliphatic rings. The molecule has 0 spiro atoms. The van der Waals surface area contributed by atoms with E-state index in [2.05, 4.69) is 19.2 Å². The van der Waals surface area contributed by atoms with Gasteiger partial charge in [0.1, 0.15) is 17.2 Å². The lowest BCUT2D eigenvalue weighted by Crippen LogP contribution is -2.41. The van der Waals surface area contributed by atoms with E-state index in [0.29, 0.717) is 0 Å². The van der Waals surface area contributed by atoms with Crippen LogP contribution in [0.1, 0.15) is 70.4 Å². The topological polar surface area (TPSA) is 21.3 Å².